The summed E-state index contributed by atoms with van der Waals surface area (Å²) in [4.78, 5) is 12.3. The standard InChI is InChI=1S/C14H16FN5O3S/c1-4-19-9(3)17-20(14(19)21)13-7-12(18-24(22,23)5-2)10(8-16)6-11(13)15/h6-7,18H,4-5H2,1-3H3. The largest absolute Gasteiger partial charge is 0.350 e. The van der Waals surface area contributed by atoms with E-state index in [1.807, 2.05) is 0 Å². The second-order valence-corrected chi connectivity index (χ2v) is 6.96. The zero-order chi connectivity index (χ0) is 18.1. The molecule has 1 aromatic heterocycles. The SMILES string of the molecule is CCn1c(C)nn(-c2cc(NS(=O)(=O)CC)c(C#N)cc2F)c1=O. The molecule has 0 spiro atoms. The minimum absolute atomic E-state index is 0.105. The van der Waals surface area contributed by atoms with Crippen molar-refractivity contribution < 1.29 is 12.8 Å². The fourth-order valence-corrected chi connectivity index (χ4v) is 2.80. The van der Waals surface area contributed by atoms with Gasteiger partial charge in [0.25, 0.3) is 0 Å². The molecule has 1 heterocycles. The number of hydrogen-bond donors (Lipinski definition) is 1. The van der Waals surface area contributed by atoms with Gasteiger partial charge in [-0.25, -0.2) is 17.6 Å². The average Bonchev–Trinajstić information content (AvgIpc) is 2.82. The molecule has 0 bridgehead atoms. The van der Waals surface area contributed by atoms with Crippen LogP contribution < -0.4 is 10.4 Å². The summed E-state index contributed by atoms with van der Waals surface area (Å²) in [5.41, 5.74) is -1.08. The van der Waals surface area contributed by atoms with Crippen LogP contribution in [-0.4, -0.2) is 28.5 Å². The third-order valence-corrected chi connectivity index (χ3v) is 4.74. The molecule has 0 saturated carbocycles. The molecule has 1 aromatic carbocycles. The van der Waals surface area contributed by atoms with Crippen LogP contribution in [0.25, 0.3) is 5.69 Å². The van der Waals surface area contributed by atoms with Crippen LogP contribution in [0, 0.1) is 24.1 Å². The normalized spacial score (nSPS) is 11.3. The highest BCUT2D eigenvalue weighted by atomic mass is 32.2. The number of anilines is 1. The summed E-state index contributed by atoms with van der Waals surface area (Å²) in [6, 6.07) is 3.69. The van der Waals surface area contributed by atoms with Crippen molar-refractivity contribution in [3.63, 3.8) is 0 Å². The smallest absolute Gasteiger partial charge is 0.282 e. The van der Waals surface area contributed by atoms with Crippen molar-refractivity contribution in [3.8, 4) is 11.8 Å². The molecule has 0 fully saturated rings. The number of rotatable bonds is 5. The summed E-state index contributed by atoms with van der Waals surface area (Å²) < 4.78 is 42.2. The molecule has 24 heavy (non-hydrogen) atoms. The van der Waals surface area contributed by atoms with E-state index in [1.165, 1.54) is 11.5 Å². The van der Waals surface area contributed by atoms with Crippen LogP contribution in [0.5, 0.6) is 0 Å². The van der Waals surface area contributed by atoms with Gasteiger partial charge < -0.3 is 0 Å². The molecule has 0 unspecified atom stereocenters. The van der Waals surface area contributed by atoms with Crippen LogP contribution in [-0.2, 0) is 16.6 Å². The number of nitrogens with one attached hydrogen (secondary N) is 1. The third kappa shape index (κ3) is 3.16. The van der Waals surface area contributed by atoms with Gasteiger partial charge in [-0.15, -0.1) is 0 Å². The Morgan fingerprint density at radius 3 is 2.54 bits per heavy atom. The summed E-state index contributed by atoms with van der Waals surface area (Å²) >= 11 is 0. The summed E-state index contributed by atoms with van der Waals surface area (Å²) in [5.74, 6) is -0.676. The van der Waals surface area contributed by atoms with Gasteiger partial charge >= 0.3 is 5.69 Å². The van der Waals surface area contributed by atoms with Crippen molar-refractivity contribution in [3.05, 3.63) is 39.8 Å². The second-order valence-electron chi connectivity index (χ2n) is 4.95. The Hall–Kier alpha value is -2.67. The number of benzene rings is 1. The van der Waals surface area contributed by atoms with Crippen molar-refractivity contribution in [1.82, 2.24) is 14.3 Å². The van der Waals surface area contributed by atoms with Crippen LogP contribution in [0.1, 0.15) is 25.2 Å². The van der Waals surface area contributed by atoms with E-state index >= 15 is 0 Å². The number of hydrogen-bond acceptors (Lipinski definition) is 5. The molecule has 10 heteroatoms. The summed E-state index contributed by atoms with van der Waals surface area (Å²) in [7, 11) is -3.67. The number of aromatic nitrogens is 3. The maximum absolute atomic E-state index is 14.3. The van der Waals surface area contributed by atoms with Crippen LogP contribution in [0.2, 0.25) is 0 Å². The molecule has 128 valence electrons. The van der Waals surface area contributed by atoms with Gasteiger partial charge in [-0.05, 0) is 32.9 Å². The first-order valence-electron chi connectivity index (χ1n) is 7.15. The lowest BCUT2D eigenvalue weighted by Crippen LogP contribution is -2.24. The number of aryl methyl sites for hydroxylation is 1. The summed E-state index contributed by atoms with van der Waals surface area (Å²) in [6.07, 6.45) is 0. The predicted molar refractivity (Wildman–Crippen MR) is 86.0 cm³/mol. The molecule has 0 aliphatic rings. The highest BCUT2D eigenvalue weighted by molar-refractivity contribution is 7.92. The minimum Gasteiger partial charge on any atom is -0.282 e. The molecule has 0 aliphatic carbocycles. The van der Waals surface area contributed by atoms with Gasteiger partial charge in [0, 0.05) is 6.54 Å². The first kappa shape index (κ1) is 17.7. The second kappa shape index (κ2) is 6.45. The number of halogens is 1. The van der Waals surface area contributed by atoms with Gasteiger partial charge in [-0.1, -0.05) is 0 Å². The molecule has 0 aliphatic heterocycles. The van der Waals surface area contributed by atoms with E-state index in [0.717, 1.165) is 16.8 Å². The fourth-order valence-electron chi connectivity index (χ4n) is 2.16. The van der Waals surface area contributed by atoms with Gasteiger partial charge in [0.15, 0.2) is 5.82 Å². The topological polar surface area (TPSA) is 110 Å². The van der Waals surface area contributed by atoms with Gasteiger partial charge in [-0.2, -0.15) is 15.0 Å². The Labute approximate surface area is 138 Å². The Bertz CT molecular complexity index is 985. The zero-order valence-electron chi connectivity index (χ0n) is 13.4. The number of nitrogens with zero attached hydrogens (tertiary/aromatic N) is 4. The lowest BCUT2D eigenvalue weighted by molar-refractivity contribution is 0.600. The van der Waals surface area contributed by atoms with Crippen molar-refractivity contribution >= 4 is 15.7 Å². The van der Waals surface area contributed by atoms with E-state index in [9.17, 15) is 17.6 Å². The Kier molecular flexibility index (Phi) is 4.75. The van der Waals surface area contributed by atoms with E-state index in [2.05, 4.69) is 9.82 Å². The molecule has 0 saturated heterocycles. The third-order valence-electron chi connectivity index (χ3n) is 3.44. The molecular weight excluding hydrogens is 337 g/mol. The maximum Gasteiger partial charge on any atom is 0.350 e. The maximum atomic E-state index is 14.3. The molecule has 2 aromatic rings. The van der Waals surface area contributed by atoms with E-state index in [-0.39, 0.29) is 22.7 Å². The number of sulfonamides is 1. The predicted octanol–water partition coefficient (Wildman–Crippen LogP) is 1.13. The minimum atomic E-state index is -3.67. The van der Waals surface area contributed by atoms with Gasteiger partial charge in [0.2, 0.25) is 10.0 Å². The first-order chi connectivity index (χ1) is 11.2. The molecule has 0 amide bonds. The molecule has 0 atom stereocenters. The summed E-state index contributed by atoms with van der Waals surface area (Å²) in [5, 5.41) is 13.1. The monoisotopic (exact) mass is 353 g/mol. The number of nitriles is 1. The van der Waals surface area contributed by atoms with E-state index < -0.39 is 21.5 Å². The van der Waals surface area contributed by atoms with Crippen LogP contribution in [0.15, 0.2) is 16.9 Å². The molecule has 0 radical (unpaired) electrons. The fraction of sp³-hybridized carbons (Fsp3) is 0.357. The summed E-state index contributed by atoms with van der Waals surface area (Å²) in [6.45, 7) is 5.13. The van der Waals surface area contributed by atoms with Crippen molar-refractivity contribution in [1.29, 1.82) is 5.26 Å². The van der Waals surface area contributed by atoms with E-state index in [0.29, 0.717) is 12.4 Å². The van der Waals surface area contributed by atoms with E-state index in [1.54, 1.807) is 19.9 Å². The molecular formula is C14H16FN5O3S. The Morgan fingerprint density at radius 1 is 1.38 bits per heavy atom. The highest BCUT2D eigenvalue weighted by Crippen LogP contribution is 2.23. The first-order valence-corrected chi connectivity index (χ1v) is 8.80. The van der Waals surface area contributed by atoms with E-state index in [4.69, 9.17) is 5.26 Å². The van der Waals surface area contributed by atoms with Crippen molar-refractivity contribution in [2.75, 3.05) is 10.5 Å². The van der Waals surface area contributed by atoms with Crippen LogP contribution >= 0.6 is 0 Å². The molecule has 1 N–H and O–H groups in total. The Morgan fingerprint density at radius 2 is 2.04 bits per heavy atom. The average molecular weight is 353 g/mol. The Balaban J connectivity index is 2.69. The lowest BCUT2D eigenvalue weighted by Gasteiger charge is -2.10. The van der Waals surface area contributed by atoms with Crippen molar-refractivity contribution in [2.45, 2.75) is 27.3 Å². The van der Waals surface area contributed by atoms with Crippen molar-refractivity contribution in [2.24, 2.45) is 0 Å². The lowest BCUT2D eigenvalue weighted by atomic mass is 10.1. The van der Waals surface area contributed by atoms with Gasteiger partial charge in [0.05, 0.1) is 17.0 Å². The highest BCUT2D eigenvalue weighted by Gasteiger charge is 2.19. The molecule has 8 nitrogen and oxygen atoms in total. The quantitative estimate of drug-likeness (QED) is 0.866. The zero-order valence-corrected chi connectivity index (χ0v) is 14.2. The molecule has 2 rings (SSSR count). The van der Waals surface area contributed by atoms with Crippen LogP contribution in [0.3, 0.4) is 0 Å². The van der Waals surface area contributed by atoms with Gasteiger partial charge in [0.1, 0.15) is 17.6 Å². The van der Waals surface area contributed by atoms with Gasteiger partial charge in [-0.3, -0.25) is 9.29 Å². The van der Waals surface area contributed by atoms with Crippen LogP contribution in [0.4, 0.5) is 10.1 Å².